The molecule has 0 spiro atoms. The second kappa shape index (κ2) is 7.40. The van der Waals surface area contributed by atoms with Gasteiger partial charge in [0.15, 0.2) is 5.82 Å². The lowest BCUT2D eigenvalue weighted by Gasteiger charge is -2.34. The smallest absolute Gasteiger partial charge is 0.343 e. The third-order valence-corrected chi connectivity index (χ3v) is 5.82. The molecule has 6 nitrogen and oxygen atoms in total. The lowest BCUT2D eigenvalue weighted by Crippen LogP contribution is -2.45. The maximum atomic E-state index is 15.7. The first-order valence-corrected chi connectivity index (χ1v) is 10.0. The van der Waals surface area contributed by atoms with E-state index in [2.05, 4.69) is 4.90 Å². The van der Waals surface area contributed by atoms with Gasteiger partial charge in [0.1, 0.15) is 17.1 Å². The molecule has 1 aliphatic carbocycles. The first-order chi connectivity index (χ1) is 13.8. The number of nitrogens with zero attached hydrogens (tertiary/aromatic N) is 3. The molecule has 0 atom stereocenters. The molecule has 0 amide bonds. The molecule has 2 aromatic rings. The molecule has 8 heteroatoms. The van der Waals surface area contributed by atoms with Gasteiger partial charge in [0.2, 0.25) is 5.43 Å². The summed E-state index contributed by atoms with van der Waals surface area (Å²) in [6.45, 7) is 5.80. The Labute approximate surface area is 167 Å². The van der Waals surface area contributed by atoms with Gasteiger partial charge in [-0.1, -0.05) is 0 Å². The van der Waals surface area contributed by atoms with Gasteiger partial charge in [0.05, 0.1) is 17.5 Å². The van der Waals surface area contributed by atoms with Gasteiger partial charge in [-0.3, -0.25) is 4.79 Å². The first-order valence-electron chi connectivity index (χ1n) is 10.0. The van der Waals surface area contributed by atoms with Gasteiger partial charge in [0.25, 0.3) is 0 Å². The van der Waals surface area contributed by atoms with E-state index in [4.69, 9.17) is 4.74 Å². The Balaban J connectivity index is 1.98. The molecule has 29 heavy (non-hydrogen) atoms. The predicted molar refractivity (Wildman–Crippen MR) is 107 cm³/mol. The molecule has 2 heterocycles. The molecule has 156 valence electrons. The van der Waals surface area contributed by atoms with E-state index in [0.29, 0.717) is 31.9 Å². The number of rotatable bonds is 4. The zero-order valence-electron chi connectivity index (χ0n) is 16.9. The average molecular weight is 405 g/mol. The fraction of sp³-hybridized carbons (Fsp3) is 0.524. The summed E-state index contributed by atoms with van der Waals surface area (Å²) in [5, 5.41) is -0.113. The maximum absolute atomic E-state index is 15.7. The molecule has 1 saturated heterocycles. The number of likely N-dealkylation sites (N-methyl/N-ethyl adjacent to an activating group) is 1. The number of carbonyl (C=O) groups excluding carboxylic acids is 1. The Morgan fingerprint density at radius 1 is 1.21 bits per heavy atom. The number of anilines is 1. The fourth-order valence-electron chi connectivity index (χ4n) is 4.15. The van der Waals surface area contributed by atoms with Crippen molar-refractivity contribution in [2.45, 2.75) is 32.7 Å². The van der Waals surface area contributed by atoms with Gasteiger partial charge in [-0.15, -0.1) is 0 Å². The van der Waals surface area contributed by atoms with Gasteiger partial charge in [-0.25, -0.2) is 13.6 Å². The summed E-state index contributed by atoms with van der Waals surface area (Å²) in [4.78, 5) is 29.2. The molecular weight excluding hydrogens is 380 g/mol. The molecule has 1 saturated carbocycles. The van der Waals surface area contributed by atoms with Crippen molar-refractivity contribution >= 4 is 22.6 Å². The van der Waals surface area contributed by atoms with Crippen LogP contribution in [-0.2, 0) is 4.74 Å². The highest BCUT2D eigenvalue weighted by atomic mass is 19.1. The lowest BCUT2D eigenvalue weighted by molar-refractivity contribution is 0.0523. The van der Waals surface area contributed by atoms with E-state index in [1.807, 2.05) is 7.05 Å². The van der Waals surface area contributed by atoms with Crippen LogP contribution < -0.4 is 10.3 Å². The second-order valence-corrected chi connectivity index (χ2v) is 7.82. The molecule has 1 aromatic carbocycles. The van der Waals surface area contributed by atoms with Crippen molar-refractivity contribution in [2.75, 3.05) is 44.7 Å². The van der Waals surface area contributed by atoms with Crippen molar-refractivity contribution < 1.29 is 18.3 Å². The topological polar surface area (TPSA) is 54.8 Å². The molecule has 0 bridgehead atoms. The average Bonchev–Trinajstić information content (AvgIpc) is 3.50. The SMILES string of the molecule is CCOC(=O)c1c(C)n(C2CC2)c2c(F)c(N3CCN(C)CC3)c(F)cc2c1=O. The molecule has 0 radical (unpaired) electrons. The molecular formula is C21H25F2N3O3. The first kappa shape index (κ1) is 19.8. The molecule has 4 rings (SSSR count). The minimum atomic E-state index is -0.780. The number of pyridine rings is 1. The Kier molecular flexibility index (Phi) is 5.06. The number of aromatic nitrogens is 1. The van der Waals surface area contributed by atoms with Gasteiger partial charge < -0.3 is 19.1 Å². The highest BCUT2D eigenvalue weighted by Gasteiger charge is 2.33. The Morgan fingerprint density at radius 2 is 1.86 bits per heavy atom. The number of hydrogen-bond donors (Lipinski definition) is 0. The van der Waals surface area contributed by atoms with Crippen LogP contribution in [0.25, 0.3) is 10.9 Å². The Hall–Kier alpha value is -2.48. The van der Waals surface area contributed by atoms with Crippen molar-refractivity contribution in [1.82, 2.24) is 9.47 Å². The minimum Gasteiger partial charge on any atom is -0.462 e. The fourth-order valence-corrected chi connectivity index (χ4v) is 4.15. The van der Waals surface area contributed by atoms with Crippen LogP contribution in [0.5, 0.6) is 0 Å². The highest BCUT2D eigenvalue weighted by Crippen LogP contribution is 2.41. The Bertz CT molecular complexity index is 1040. The summed E-state index contributed by atoms with van der Waals surface area (Å²) in [6.07, 6.45) is 1.64. The van der Waals surface area contributed by atoms with Crippen molar-refractivity contribution in [2.24, 2.45) is 0 Å². The third kappa shape index (κ3) is 3.29. The zero-order chi connectivity index (χ0) is 20.9. The van der Waals surface area contributed by atoms with E-state index in [0.717, 1.165) is 18.9 Å². The summed E-state index contributed by atoms with van der Waals surface area (Å²) >= 11 is 0. The highest BCUT2D eigenvalue weighted by molar-refractivity contribution is 5.96. The quantitative estimate of drug-likeness (QED) is 0.733. The second-order valence-electron chi connectivity index (χ2n) is 7.82. The van der Waals surface area contributed by atoms with Crippen molar-refractivity contribution in [3.8, 4) is 0 Å². The van der Waals surface area contributed by atoms with Crippen LogP contribution in [0.1, 0.15) is 41.9 Å². The number of piperazine rings is 1. The van der Waals surface area contributed by atoms with Crippen LogP contribution in [0.4, 0.5) is 14.5 Å². The van der Waals surface area contributed by atoms with Crippen LogP contribution in [0.15, 0.2) is 10.9 Å². The number of fused-ring (bicyclic) bond motifs is 1. The summed E-state index contributed by atoms with van der Waals surface area (Å²) in [6, 6.07) is 1.07. The predicted octanol–water partition coefficient (Wildman–Crippen LogP) is 2.85. The van der Waals surface area contributed by atoms with E-state index in [-0.39, 0.29) is 34.8 Å². The van der Waals surface area contributed by atoms with E-state index in [1.165, 1.54) is 0 Å². The number of hydrogen-bond acceptors (Lipinski definition) is 5. The standard InChI is InChI=1S/C21H25F2N3O3/c1-4-29-21(28)16-12(2)26(13-5-6-13)18-14(20(16)27)11-15(22)19(17(18)23)25-9-7-24(3)8-10-25/h11,13H,4-10H2,1-3H3. The summed E-state index contributed by atoms with van der Waals surface area (Å²) < 4.78 is 37.5. The summed E-state index contributed by atoms with van der Waals surface area (Å²) in [5.41, 5.74) is -0.465. The number of carbonyl (C=O) groups is 1. The maximum Gasteiger partial charge on any atom is 0.343 e. The van der Waals surface area contributed by atoms with Gasteiger partial charge in [-0.2, -0.15) is 0 Å². The number of esters is 1. The molecule has 2 fully saturated rings. The largest absolute Gasteiger partial charge is 0.462 e. The number of benzene rings is 1. The zero-order valence-corrected chi connectivity index (χ0v) is 16.9. The van der Waals surface area contributed by atoms with Crippen molar-refractivity contribution in [3.05, 3.63) is 39.2 Å². The van der Waals surface area contributed by atoms with Crippen LogP contribution in [-0.4, -0.2) is 55.3 Å². The normalized spacial score (nSPS) is 17.8. The minimum absolute atomic E-state index is 0.00780. The van der Waals surface area contributed by atoms with Gasteiger partial charge >= 0.3 is 5.97 Å². The number of ether oxygens (including phenoxy) is 1. The molecule has 1 aromatic heterocycles. The molecule has 0 N–H and O–H groups in total. The molecule has 2 aliphatic rings. The monoisotopic (exact) mass is 405 g/mol. The van der Waals surface area contributed by atoms with E-state index >= 15 is 8.78 Å². The summed E-state index contributed by atoms with van der Waals surface area (Å²) in [5.74, 6) is -2.26. The van der Waals surface area contributed by atoms with Crippen LogP contribution in [0, 0.1) is 18.6 Å². The molecule has 0 unspecified atom stereocenters. The van der Waals surface area contributed by atoms with E-state index < -0.39 is 23.0 Å². The Morgan fingerprint density at radius 3 is 2.45 bits per heavy atom. The van der Waals surface area contributed by atoms with Crippen molar-refractivity contribution in [1.29, 1.82) is 0 Å². The van der Waals surface area contributed by atoms with Crippen molar-refractivity contribution in [3.63, 3.8) is 0 Å². The van der Waals surface area contributed by atoms with Gasteiger partial charge in [0, 0.05) is 37.9 Å². The van der Waals surface area contributed by atoms with Crippen LogP contribution >= 0.6 is 0 Å². The van der Waals surface area contributed by atoms with E-state index in [9.17, 15) is 9.59 Å². The third-order valence-electron chi connectivity index (χ3n) is 5.82. The number of halogens is 2. The van der Waals surface area contributed by atoms with E-state index in [1.54, 1.807) is 23.3 Å². The molecule has 1 aliphatic heterocycles. The van der Waals surface area contributed by atoms with Crippen LogP contribution in [0.2, 0.25) is 0 Å². The lowest BCUT2D eigenvalue weighted by atomic mass is 10.0. The van der Waals surface area contributed by atoms with Gasteiger partial charge in [-0.05, 0) is 39.8 Å². The van der Waals surface area contributed by atoms with Crippen LogP contribution in [0.3, 0.4) is 0 Å². The summed E-state index contributed by atoms with van der Waals surface area (Å²) in [7, 11) is 1.97.